The predicted octanol–water partition coefficient (Wildman–Crippen LogP) is 5.50. The minimum Gasteiger partial charge on any atom is -0.497 e. The van der Waals surface area contributed by atoms with Gasteiger partial charge >= 0.3 is 0 Å². The highest BCUT2D eigenvalue weighted by Crippen LogP contribution is 2.39. The number of aromatic amines is 2. The largest absolute Gasteiger partial charge is 0.497 e. The van der Waals surface area contributed by atoms with E-state index in [1.807, 2.05) is 12.1 Å². The van der Waals surface area contributed by atoms with Crippen LogP contribution in [0.25, 0.3) is 27.4 Å². The normalized spacial score (nSPS) is 16.0. The third-order valence-corrected chi connectivity index (χ3v) is 6.96. The smallest absolute Gasteiger partial charge is 0.231 e. The van der Waals surface area contributed by atoms with Gasteiger partial charge in [-0.3, -0.25) is 4.90 Å². The molecule has 0 saturated heterocycles. The first-order valence-electron chi connectivity index (χ1n) is 11.7. The minimum atomic E-state index is 0.309. The van der Waals surface area contributed by atoms with Crippen molar-refractivity contribution in [1.29, 1.82) is 0 Å². The van der Waals surface area contributed by atoms with Gasteiger partial charge in [-0.25, -0.2) is 0 Å². The summed E-state index contributed by atoms with van der Waals surface area (Å²) in [6, 6.07) is 10.4. The van der Waals surface area contributed by atoms with Crippen LogP contribution in [0.1, 0.15) is 30.4 Å². The molecule has 2 aromatic carbocycles. The lowest BCUT2D eigenvalue weighted by molar-refractivity contribution is 0.174. The van der Waals surface area contributed by atoms with Crippen LogP contribution >= 0.6 is 0 Å². The van der Waals surface area contributed by atoms with Gasteiger partial charge in [-0.1, -0.05) is 6.08 Å². The van der Waals surface area contributed by atoms with Crippen LogP contribution in [0.5, 0.6) is 17.2 Å². The second kappa shape index (κ2) is 8.52. The molecule has 0 unspecified atom stereocenters. The molecule has 0 amide bonds. The maximum atomic E-state index is 5.58. The molecular weight excluding hydrogens is 414 g/mol. The summed E-state index contributed by atoms with van der Waals surface area (Å²) in [7, 11) is 1.72. The number of nitrogens with one attached hydrogen (secondary N) is 2. The van der Waals surface area contributed by atoms with Crippen LogP contribution in [0, 0.1) is 0 Å². The first-order valence-corrected chi connectivity index (χ1v) is 11.7. The fraction of sp³-hybridized carbons (Fsp3) is 0.333. The molecule has 6 rings (SSSR count). The first kappa shape index (κ1) is 20.2. The number of methoxy groups -OCH3 is 1. The van der Waals surface area contributed by atoms with Crippen LogP contribution < -0.4 is 14.2 Å². The van der Waals surface area contributed by atoms with Crippen molar-refractivity contribution in [2.24, 2.45) is 0 Å². The van der Waals surface area contributed by atoms with Crippen molar-refractivity contribution in [2.45, 2.75) is 25.7 Å². The Morgan fingerprint density at radius 2 is 1.85 bits per heavy atom. The first-order chi connectivity index (χ1) is 16.3. The zero-order chi connectivity index (χ0) is 22.2. The van der Waals surface area contributed by atoms with Gasteiger partial charge in [0.05, 0.1) is 7.11 Å². The summed E-state index contributed by atoms with van der Waals surface area (Å²) in [6.07, 6.45) is 11.2. The topological polar surface area (TPSA) is 62.5 Å². The van der Waals surface area contributed by atoms with Crippen molar-refractivity contribution < 1.29 is 14.2 Å². The van der Waals surface area contributed by atoms with E-state index in [0.717, 1.165) is 55.2 Å². The maximum Gasteiger partial charge on any atom is 0.231 e. The molecule has 170 valence electrons. The number of aryl methyl sites for hydroxylation is 1. The average molecular weight is 444 g/mol. The van der Waals surface area contributed by atoms with Gasteiger partial charge in [0.25, 0.3) is 0 Å². The molecule has 6 heteroatoms. The van der Waals surface area contributed by atoms with Gasteiger partial charge in [0.15, 0.2) is 11.5 Å². The summed E-state index contributed by atoms with van der Waals surface area (Å²) < 4.78 is 16.5. The Morgan fingerprint density at radius 3 is 2.70 bits per heavy atom. The van der Waals surface area contributed by atoms with Crippen molar-refractivity contribution in [2.75, 3.05) is 33.5 Å². The van der Waals surface area contributed by atoms with Gasteiger partial charge in [0.1, 0.15) is 5.75 Å². The van der Waals surface area contributed by atoms with Gasteiger partial charge in [-0.05, 0) is 67.6 Å². The number of ether oxygens (including phenoxy) is 3. The third-order valence-electron chi connectivity index (χ3n) is 6.96. The number of rotatable bonds is 7. The standard InChI is InChI=1S/C27H29N3O3/c1-31-20-5-6-24-21(12-20)19(15-28-24)4-2-3-9-30-10-7-18(8-11-30)23-16-29-25-14-27-26(13-22(23)25)32-17-33-27/h5-7,12-16,28-29H,2-4,8-11,17H2,1H3. The highest BCUT2D eigenvalue weighted by Gasteiger charge is 2.19. The molecule has 0 fully saturated rings. The van der Waals surface area contributed by atoms with Gasteiger partial charge in [-0.15, -0.1) is 0 Å². The predicted molar refractivity (Wildman–Crippen MR) is 131 cm³/mol. The van der Waals surface area contributed by atoms with E-state index in [1.165, 1.54) is 45.8 Å². The number of hydrogen-bond donors (Lipinski definition) is 2. The van der Waals surface area contributed by atoms with Gasteiger partial charge < -0.3 is 24.2 Å². The molecule has 2 aliphatic heterocycles. The van der Waals surface area contributed by atoms with E-state index in [9.17, 15) is 0 Å². The molecule has 2 aromatic heterocycles. The van der Waals surface area contributed by atoms with Crippen LogP contribution in [0.2, 0.25) is 0 Å². The maximum absolute atomic E-state index is 5.58. The minimum absolute atomic E-state index is 0.309. The van der Waals surface area contributed by atoms with E-state index < -0.39 is 0 Å². The Labute approximate surface area is 193 Å². The molecule has 2 N–H and O–H groups in total. The summed E-state index contributed by atoms with van der Waals surface area (Å²) in [5, 5.41) is 2.50. The molecule has 0 aliphatic carbocycles. The molecule has 6 nitrogen and oxygen atoms in total. The van der Waals surface area contributed by atoms with Crippen LogP contribution in [0.15, 0.2) is 48.8 Å². The zero-order valence-corrected chi connectivity index (χ0v) is 18.9. The fourth-order valence-corrected chi connectivity index (χ4v) is 5.08. The average Bonchev–Trinajstić information content (AvgIpc) is 3.58. The van der Waals surface area contributed by atoms with E-state index in [2.05, 4.69) is 51.5 Å². The molecule has 4 aromatic rings. The van der Waals surface area contributed by atoms with Crippen LogP contribution in [-0.4, -0.2) is 48.4 Å². The second-order valence-corrected chi connectivity index (χ2v) is 8.92. The summed E-state index contributed by atoms with van der Waals surface area (Å²) >= 11 is 0. The number of nitrogens with zero attached hydrogens (tertiary/aromatic N) is 1. The number of aromatic nitrogens is 2. The number of fused-ring (bicyclic) bond motifs is 3. The monoisotopic (exact) mass is 443 g/mol. The third kappa shape index (κ3) is 3.85. The lowest BCUT2D eigenvalue weighted by Gasteiger charge is -2.26. The summed E-state index contributed by atoms with van der Waals surface area (Å²) in [5.74, 6) is 2.58. The molecule has 0 bridgehead atoms. The highest BCUT2D eigenvalue weighted by atomic mass is 16.7. The number of H-pyrrole nitrogens is 2. The SMILES string of the molecule is COc1ccc2[nH]cc(CCCCN3CC=C(c4c[nH]c5cc6c(cc45)OCO6)CC3)c2c1. The summed E-state index contributed by atoms with van der Waals surface area (Å²) in [4.78, 5) is 9.34. The summed E-state index contributed by atoms with van der Waals surface area (Å²) in [6.45, 7) is 3.57. The molecule has 0 saturated carbocycles. The lowest BCUT2D eigenvalue weighted by Crippen LogP contribution is -2.29. The van der Waals surface area contributed by atoms with E-state index in [4.69, 9.17) is 14.2 Å². The second-order valence-electron chi connectivity index (χ2n) is 8.92. The van der Waals surface area contributed by atoms with Crippen LogP contribution in [-0.2, 0) is 6.42 Å². The molecule has 0 spiro atoms. The molecule has 2 aliphatic rings. The highest BCUT2D eigenvalue weighted by molar-refractivity contribution is 5.95. The van der Waals surface area contributed by atoms with Gasteiger partial charge in [0.2, 0.25) is 6.79 Å². The van der Waals surface area contributed by atoms with Gasteiger partial charge in [-0.2, -0.15) is 0 Å². The van der Waals surface area contributed by atoms with Gasteiger partial charge in [0, 0.05) is 58.9 Å². The zero-order valence-electron chi connectivity index (χ0n) is 18.9. The van der Waals surface area contributed by atoms with Crippen LogP contribution in [0.3, 0.4) is 0 Å². The molecule has 0 atom stereocenters. The van der Waals surface area contributed by atoms with E-state index in [1.54, 1.807) is 7.11 Å². The molecule has 0 radical (unpaired) electrons. The van der Waals surface area contributed by atoms with Crippen molar-refractivity contribution in [1.82, 2.24) is 14.9 Å². The van der Waals surface area contributed by atoms with Crippen LogP contribution in [0.4, 0.5) is 0 Å². The summed E-state index contributed by atoms with van der Waals surface area (Å²) in [5.41, 5.74) is 6.38. The van der Waals surface area contributed by atoms with Crippen molar-refractivity contribution >= 4 is 27.4 Å². The van der Waals surface area contributed by atoms with Crippen molar-refractivity contribution in [3.05, 3.63) is 59.9 Å². The molecule has 33 heavy (non-hydrogen) atoms. The number of hydrogen-bond acceptors (Lipinski definition) is 4. The Kier molecular flexibility index (Phi) is 5.23. The quantitative estimate of drug-likeness (QED) is 0.370. The lowest BCUT2D eigenvalue weighted by atomic mass is 9.98. The Balaban J connectivity index is 1.05. The Hall–Kier alpha value is -3.38. The van der Waals surface area contributed by atoms with Crippen molar-refractivity contribution in [3.8, 4) is 17.2 Å². The van der Waals surface area contributed by atoms with E-state index in [0.29, 0.717) is 6.79 Å². The van der Waals surface area contributed by atoms with E-state index in [-0.39, 0.29) is 0 Å². The fourth-order valence-electron chi connectivity index (χ4n) is 5.08. The molecular formula is C27H29N3O3. The van der Waals surface area contributed by atoms with E-state index >= 15 is 0 Å². The number of unbranched alkanes of at least 4 members (excludes halogenated alkanes) is 1. The van der Waals surface area contributed by atoms with Crippen molar-refractivity contribution in [3.63, 3.8) is 0 Å². The Morgan fingerprint density at radius 1 is 0.970 bits per heavy atom. The Bertz CT molecular complexity index is 1330. The number of benzene rings is 2. The molecule has 4 heterocycles.